The van der Waals surface area contributed by atoms with E-state index in [0.717, 1.165) is 13.0 Å². The molecule has 1 aromatic heterocycles. The van der Waals surface area contributed by atoms with Crippen molar-refractivity contribution in [3.63, 3.8) is 0 Å². The lowest BCUT2D eigenvalue weighted by atomic mass is 10.1. The lowest BCUT2D eigenvalue weighted by Gasteiger charge is -2.30. The van der Waals surface area contributed by atoms with E-state index in [1.165, 1.54) is 53.6 Å². The van der Waals surface area contributed by atoms with Gasteiger partial charge in [-0.15, -0.1) is 11.3 Å². The Kier molecular flexibility index (Phi) is 4.76. The second-order valence-electron chi connectivity index (χ2n) is 5.49. The summed E-state index contributed by atoms with van der Waals surface area (Å²) in [7, 11) is 0. The van der Waals surface area contributed by atoms with Gasteiger partial charge in [0.15, 0.2) is 0 Å². The zero-order valence-corrected chi connectivity index (χ0v) is 13.5. The highest BCUT2D eigenvalue weighted by Crippen LogP contribution is 2.29. The second-order valence-corrected chi connectivity index (χ2v) is 6.69. The number of rotatable bonds is 5. The molecule has 4 heteroatoms. The molecule has 0 radical (unpaired) electrons. The van der Waals surface area contributed by atoms with Crippen LogP contribution in [0.5, 0.6) is 0 Å². The SMILES string of the molecule is CCc1ncc(CNc2ccccc2N2CCCCC2)s1. The van der Waals surface area contributed by atoms with Gasteiger partial charge in [0.05, 0.1) is 22.9 Å². The van der Waals surface area contributed by atoms with Crippen LogP contribution in [-0.2, 0) is 13.0 Å². The minimum atomic E-state index is 0.864. The van der Waals surface area contributed by atoms with Crippen LogP contribution < -0.4 is 10.2 Å². The number of anilines is 2. The maximum absolute atomic E-state index is 4.43. The fraction of sp³-hybridized carbons (Fsp3) is 0.471. The first-order valence-corrected chi connectivity index (χ1v) is 8.70. The zero-order valence-electron chi connectivity index (χ0n) is 12.6. The van der Waals surface area contributed by atoms with Gasteiger partial charge in [0.2, 0.25) is 0 Å². The Hall–Kier alpha value is -1.55. The van der Waals surface area contributed by atoms with E-state index < -0.39 is 0 Å². The Balaban J connectivity index is 1.69. The molecule has 2 heterocycles. The number of thiazole rings is 1. The molecule has 21 heavy (non-hydrogen) atoms. The predicted molar refractivity (Wildman–Crippen MR) is 91.3 cm³/mol. The molecule has 0 aliphatic carbocycles. The smallest absolute Gasteiger partial charge is 0.0925 e. The van der Waals surface area contributed by atoms with Crippen molar-refractivity contribution in [3.8, 4) is 0 Å². The van der Waals surface area contributed by atoms with E-state index in [9.17, 15) is 0 Å². The van der Waals surface area contributed by atoms with Gasteiger partial charge in [-0.1, -0.05) is 19.1 Å². The molecule has 3 rings (SSSR count). The van der Waals surface area contributed by atoms with Crippen molar-refractivity contribution >= 4 is 22.7 Å². The van der Waals surface area contributed by atoms with Gasteiger partial charge < -0.3 is 10.2 Å². The fourth-order valence-corrected chi connectivity index (χ4v) is 3.61. The minimum Gasteiger partial charge on any atom is -0.378 e. The Bertz CT molecular complexity index is 573. The summed E-state index contributed by atoms with van der Waals surface area (Å²) in [4.78, 5) is 8.24. The molecule has 3 nitrogen and oxygen atoms in total. The van der Waals surface area contributed by atoms with Crippen molar-refractivity contribution in [1.82, 2.24) is 4.98 Å². The maximum atomic E-state index is 4.43. The summed E-state index contributed by atoms with van der Waals surface area (Å²) in [5.74, 6) is 0. The first-order valence-electron chi connectivity index (χ1n) is 7.88. The third kappa shape index (κ3) is 3.56. The first-order chi connectivity index (χ1) is 10.4. The van der Waals surface area contributed by atoms with Crippen molar-refractivity contribution < 1.29 is 0 Å². The molecule has 1 aromatic carbocycles. The maximum Gasteiger partial charge on any atom is 0.0925 e. The molecule has 0 unspecified atom stereocenters. The highest BCUT2D eigenvalue weighted by atomic mass is 32.1. The minimum absolute atomic E-state index is 0.864. The monoisotopic (exact) mass is 301 g/mol. The van der Waals surface area contributed by atoms with Crippen molar-refractivity contribution in [3.05, 3.63) is 40.3 Å². The quantitative estimate of drug-likeness (QED) is 0.892. The number of nitrogens with zero attached hydrogens (tertiary/aromatic N) is 2. The summed E-state index contributed by atoms with van der Waals surface area (Å²) in [5.41, 5.74) is 2.59. The van der Waals surface area contributed by atoms with Crippen LogP contribution in [0.4, 0.5) is 11.4 Å². The number of aryl methyl sites for hydroxylation is 1. The zero-order chi connectivity index (χ0) is 14.5. The Morgan fingerprint density at radius 2 is 2.00 bits per heavy atom. The van der Waals surface area contributed by atoms with E-state index in [0.29, 0.717) is 0 Å². The highest BCUT2D eigenvalue weighted by Gasteiger charge is 2.14. The standard InChI is InChI=1S/C17H23N3S/c1-2-17-19-13-14(21-17)12-18-15-8-4-5-9-16(15)20-10-6-3-7-11-20/h4-5,8-9,13,18H,2-3,6-7,10-12H2,1H3. The number of nitrogens with one attached hydrogen (secondary N) is 1. The largest absolute Gasteiger partial charge is 0.378 e. The van der Waals surface area contributed by atoms with Crippen molar-refractivity contribution in [2.24, 2.45) is 0 Å². The summed E-state index contributed by atoms with van der Waals surface area (Å²) in [6.45, 7) is 5.38. The number of hydrogen-bond donors (Lipinski definition) is 1. The van der Waals surface area contributed by atoms with E-state index in [2.05, 4.69) is 46.4 Å². The van der Waals surface area contributed by atoms with E-state index in [1.807, 2.05) is 6.20 Å². The summed E-state index contributed by atoms with van der Waals surface area (Å²) < 4.78 is 0. The van der Waals surface area contributed by atoms with Crippen molar-refractivity contribution in [2.75, 3.05) is 23.3 Å². The lowest BCUT2D eigenvalue weighted by Crippen LogP contribution is -2.30. The van der Waals surface area contributed by atoms with Gasteiger partial charge in [-0.3, -0.25) is 0 Å². The van der Waals surface area contributed by atoms with E-state index in [4.69, 9.17) is 0 Å². The van der Waals surface area contributed by atoms with Crippen LogP contribution >= 0.6 is 11.3 Å². The Morgan fingerprint density at radius 3 is 2.76 bits per heavy atom. The molecule has 0 atom stereocenters. The molecule has 1 fully saturated rings. The van der Waals surface area contributed by atoms with Gasteiger partial charge in [0, 0.05) is 24.2 Å². The van der Waals surface area contributed by atoms with Crippen LogP contribution in [0, 0.1) is 0 Å². The van der Waals surface area contributed by atoms with Gasteiger partial charge in [-0.25, -0.2) is 4.98 Å². The van der Waals surface area contributed by atoms with Crippen LogP contribution in [0.15, 0.2) is 30.5 Å². The molecule has 1 N–H and O–H groups in total. The first kappa shape index (κ1) is 14.4. The van der Waals surface area contributed by atoms with E-state index >= 15 is 0 Å². The molecule has 0 spiro atoms. The molecule has 0 bridgehead atoms. The average Bonchev–Trinajstić information content (AvgIpc) is 3.02. The summed E-state index contributed by atoms with van der Waals surface area (Å²) >= 11 is 1.81. The van der Waals surface area contributed by atoms with Gasteiger partial charge in [-0.05, 0) is 37.8 Å². The highest BCUT2D eigenvalue weighted by molar-refractivity contribution is 7.11. The van der Waals surface area contributed by atoms with E-state index in [1.54, 1.807) is 11.3 Å². The Morgan fingerprint density at radius 1 is 1.19 bits per heavy atom. The molecule has 1 aliphatic heterocycles. The summed E-state index contributed by atoms with van der Waals surface area (Å²) in [5, 5.41) is 4.81. The van der Waals surface area contributed by atoms with Crippen LogP contribution in [0.2, 0.25) is 0 Å². The number of aromatic nitrogens is 1. The third-order valence-electron chi connectivity index (χ3n) is 3.96. The fourth-order valence-electron chi connectivity index (χ4n) is 2.81. The van der Waals surface area contributed by atoms with Gasteiger partial charge >= 0.3 is 0 Å². The van der Waals surface area contributed by atoms with Crippen molar-refractivity contribution in [1.29, 1.82) is 0 Å². The van der Waals surface area contributed by atoms with Crippen molar-refractivity contribution in [2.45, 2.75) is 39.2 Å². The second kappa shape index (κ2) is 6.94. The lowest BCUT2D eigenvalue weighted by molar-refractivity contribution is 0.578. The van der Waals surface area contributed by atoms with Crippen LogP contribution in [-0.4, -0.2) is 18.1 Å². The molecular weight excluding hydrogens is 278 g/mol. The van der Waals surface area contributed by atoms with Gasteiger partial charge in [0.1, 0.15) is 0 Å². The molecule has 1 aliphatic rings. The van der Waals surface area contributed by atoms with Crippen LogP contribution in [0.25, 0.3) is 0 Å². The average molecular weight is 301 g/mol. The molecule has 0 amide bonds. The topological polar surface area (TPSA) is 28.2 Å². The third-order valence-corrected chi connectivity index (χ3v) is 5.10. The normalized spacial score (nSPS) is 15.2. The van der Waals surface area contributed by atoms with Crippen LogP contribution in [0.1, 0.15) is 36.1 Å². The number of para-hydroxylation sites is 2. The van der Waals surface area contributed by atoms with Gasteiger partial charge in [-0.2, -0.15) is 0 Å². The number of piperidine rings is 1. The Labute approximate surface area is 131 Å². The number of hydrogen-bond acceptors (Lipinski definition) is 4. The van der Waals surface area contributed by atoms with Gasteiger partial charge in [0.25, 0.3) is 0 Å². The molecule has 1 saturated heterocycles. The summed E-state index contributed by atoms with van der Waals surface area (Å²) in [6.07, 6.45) is 7.01. The summed E-state index contributed by atoms with van der Waals surface area (Å²) in [6, 6.07) is 8.67. The molecular formula is C17H23N3S. The molecule has 0 saturated carbocycles. The predicted octanol–water partition coefficient (Wildman–Crippen LogP) is 4.31. The molecule has 112 valence electrons. The van der Waals surface area contributed by atoms with E-state index in [-0.39, 0.29) is 0 Å². The van der Waals surface area contributed by atoms with Crippen LogP contribution in [0.3, 0.4) is 0 Å². The number of benzene rings is 1. The molecule has 2 aromatic rings.